The molecule has 1 aromatic carbocycles. The monoisotopic (exact) mass is 431 g/mol. The van der Waals surface area contributed by atoms with Gasteiger partial charge in [0, 0.05) is 24.0 Å². The summed E-state index contributed by atoms with van der Waals surface area (Å²) in [6.07, 6.45) is 0.819. The molecule has 10 heteroatoms. The molecule has 2 heterocycles. The van der Waals surface area contributed by atoms with Crippen LogP contribution in [0.5, 0.6) is 0 Å². The Morgan fingerprint density at radius 1 is 1.26 bits per heavy atom. The van der Waals surface area contributed by atoms with Crippen molar-refractivity contribution in [3.63, 3.8) is 0 Å². The van der Waals surface area contributed by atoms with Crippen molar-refractivity contribution >= 4 is 44.8 Å². The van der Waals surface area contributed by atoms with Crippen molar-refractivity contribution in [3.8, 4) is 0 Å². The van der Waals surface area contributed by atoms with Crippen LogP contribution in [-0.4, -0.2) is 36.9 Å². The van der Waals surface area contributed by atoms with Gasteiger partial charge in [0.15, 0.2) is 5.76 Å². The Bertz CT molecular complexity index is 947. The van der Waals surface area contributed by atoms with Crippen LogP contribution in [0, 0.1) is 19.8 Å². The number of carbonyl (C=O) groups is 1. The van der Waals surface area contributed by atoms with E-state index in [4.69, 9.17) is 27.7 Å². The van der Waals surface area contributed by atoms with Gasteiger partial charge < -0.3 is 9.84 Å². The second kappa shape index (κ2) is 7.79. The minimum Gasteiger partial charge on any atom is -0.359 e. The predicted molar refractivity (Wildman–Crippen MR) is 103 cm³/mol. The van der Waals surface area contributed by atoms with Gasteiger partial charge in [0.05, 0.1) is 5.02 Å². The van der Waals surface area contributed by atoms with E-state index in [-0.39, 0.29) is 34.8 Å². The average Bonchev–Trinajstić information content (AvgIpc) is 2.95. The number of nitrogens with zero attached hydrogens (tertiary/aromatic N) is 2. The first-order chi connectivity index (χ1) is 12.7. The third-order valence-electron chi connectivity index (χ3n) is 4.62. The quantitative estimate of drug-likeness (QED) is 0.797. The van der Waals surface area contributed by atoms with Gasteiger partial charge in [-0.1, -0.05) is 28.4 Å². The first kappa shape index (κ1) is 20.1. The Morgan fingerprint density at radius 2 is 1.93 bits per heavy atom. The van der Waals surface area contributed by atoms with Crippen LogP contribution >= 0.6 is 23.2 Å². The van der Waals surface area contributed by atoms with E-state index < -0.39 is 10.0 Å². The van der Waals surface area contributed by atoms with Crippen LogP contribution in [0.1, 0.15) is 24.3 Å². The number of anilines is 1. The molecule has 1 saturated heterocycles. The average molecular weight is 432 g/mol. The Balaban J connectivity index is 1.68. The van der Waals surface area contributed by atoms with Gasteiger partial charge in [-0.05, 0) is 44.9 Å². The molecule has 1 aliphatic rings. The molecule has 1 amide bonds. The highest BCUT2D eigenvalue weighted by atomic mass is 35.5. The Kier molecular flexibility index (Phi) is 5.81. The maximum Gasteiger partial charge on any atom is 0.244 e. The van der Waals surface area contributed by atoms with Gasteiger partial charge in [-0.3, -0.25) is 4.79 Å². The lowest BCUT2D eigenvalue weighted by Crippen LogP contribution is -2.41. The molecule has 1 aromatic heterocycles. The molecule has 0 aliphatic carbocycles. The summed E-state index contributed by atoms with van der Waals surface area (Å²) in [7, 11) is -3.77. The van der Waals surface area contributed by atoms with Gasteiger partial charge >= 0.3 is 0 Å². The van der Waals surface area contributed by atoms with E-state index in [2.05, 4.69) is 10.5 Å². The molecule has 3 rings (SSSR count). The number of aryl methyl sites for hydroxylation is 2. The number of rotatable bonds is 4. The molecule has 2 aromatic rings. The van der Waals surface area contributed by atoms with E-state index in [0.29, 0.717) is 35.0 Å². The number of hydrogen-bond donors (Lipinski definition) is 1. The van der Waals surface area contributed by atoms with E-state index in [1.165, 1.54) is 22.5 Å². The van der Waals surface area contributed by atoms with Crippen molar-refractivity contribution in [1.29, 1.82) is 0 Å². The Hall–Kier alpha value is -1.61. The van der Waals surface area contributed by atoms with Crippen LogP contribution in [-0.2, 0) is 14.8 Å². The summed E-state index contributed by atoms with van der Waals surface area (Å²) in [4.78, 5) is 12.5. The molecule has 0 saturated carbocycles. The number of carbonyl (C=O) groups excluding carboxylic acids is 1. The highest BCUT2D eigenvalue weighted by Crippen LogP contribution is 2.31. The maximum atomic E-state index is 12.8. The molecule has 0 unspecified atom stereocenters. The van der Waals surface area contributed by atoms with Crippen molar-refractivity contribution in [1.82, 2.24) is 9.46 Å². The van der Waals surface area contributed by atoms with E-state index in [0.717, 1.165) is 0 Å². The molecular formula is C17H19Cl2N3O4S. The van der Waals surface area contributed by atoms with Crippen LogP contribution in [0.2, 0.25) is 10.0 Å². The fourth-order valence-corrected chi connectivity index (χ4v) is 5.27. The molecule has 1 N–H and O–H groups in total. The first-order valence-corrected chi connectivity index (χ1v) is 10.6. The summed E-state index contributed by atoms with van der Waals surface area (Å²) < 4.78 is 32.1. The highest BCUT2D eigenvalue weighted by Gasteiger charge is 2.33. The zero-order chi connectivity index (χ0) is 19.8. The zero-order valence-electron chi connectivity index (χ0n) is 14.8. The fraction of sp³-hybridized carbons (Fsp3) is 0.412. The smallest absolute Gasteiger partial charge is 0.244 e. The molecule has 1 aliphatic heterocycles. The molecule has 0 radical (unpaired) electrons. The summed E-state index contributed by atoms with van der Waals surface area (Å²) in [5, 5.41) is 7.06. The lowest BCUT2D eigenvalue weighted by atomic mass is 9.97. The van der Waals surface area contributed by atoms with Gasteiger partial charge in [0.1, 0.15) is 16.3 Å². The minimum absolute atomic E-state index is 0.0183. The van der Waals surface area contributed by atoms with Crippen LogP contribution in [0.4, 0.5) is 5.69 Å². The Labute approximate surface area is 167 Å². The topological polar surface area (TPSA) is 92.5 Å². The maximum absolute atomic E-state index is 12.8. The molecule has 0 spiro atoms. The van der Waals surface area contributed by atoms with E-state index in [1.54, 1.807) is 13.8 Å². The number of aromatic nitrogens is 1. The second-order valence-electron chi connectivity index (χ2n) is 6.44. The van der Waals surface area contributed by atoms with Gasteiger partial charge in [0.2, 0.25) is 15.9 Å². The number of halogens is 2. The highest BCUT2D eigenvalue weighted by molar-refractivity contribution is 7.89. The summed E-state index contributed by atoms with van der Waals surface area (Å²) in [6.45, 7) is 3.92. The molecule has 27 heavy (non-hydrogen) atoms. The largest absolute Gasteiger partial charge is 0.359 e. The molecule has 0 bridgehead atoms. The third-order valence-corrected chi connectivity index (χ3v) is 7.23. The summed E-state index contributed by atoms with van der Waals surface area (Å²) in [5.74, 6) is 0.0821. The van der Waals surface area contributed by atoms with Crippen molar-refractivity contribution in [2.75, 3.05) is 18.4 Å². The number of nitrogens with one attached hydrogen (secondary N) is 1. The zero-order valence-corrected chi connectivity index (χ0v) is 17.2. The minimum atomic E-state index is -3.77. The van der Waals surface area contributed by atoms with Crippen LogP contribution in [0.15, 0.2) is 27.6 Å². The molecule has 0 atom stereocenters. The normalized spacial score (nSPS) is 16.4. The third kappa shape index (κ3) is 4.13. The van der Waals surface area contributed by atoms with Gasteiger partial charge in [-0.25, -0.2) is 8.42 Å². The lowest BCUT2D eigenvalue weighted by molar-refractivity contribution is -0.120. The van der Waals surface area contributed by atoms with Crippen molar-refractivity contribution < 1.29 is 17.7 Å². The van der Waals surface area contributed by atoms with E-state index in [1.807, 2.05) is 0 Å². The predicted octanol–water partition coefficient (Wildman–Crippen LogP) is 3.64. The SMILES string of the molecule is Cc1noc(C)c1NC(=O)C1CCN(S(=O)(=O)c2cc(Cl)ccc2Cl)CC1. The number of amides is 1. The molecule has 7 nitrogen and oxygen atoms in total. The van der Waals surface area contributed by atoms with Gasteiger partial charge in [-0.2, -0.15) is 4.31 Å². The molecule has 146 valence electrons. The van der Waals surface area contributed by atoms with E-state index >= 15 is 0 Å². The van der Waals surface area contributed by atoms with Gasteiger partial charge in [-0.15, -0.1) is 0 Å². The Morgan fingerprint density at radius 3 is 2.52 bits per heavy atom. The van der Waals surface area contributed by atoms with Crippen molar-refractivity contribution in [2.45, 2.75) is 31.6 Å². The standard InChI is InChI=1S/C17H19Cl2N3O4S/c1-10-16(11(2)26-21-10)20-17(23)12-5-7-22(8-6-12)27(24,25)15-9-13(18)3-4-14(15)19/h3-4,9,12H,5-8H2,1-2H3,(H,20,23). The number of benzene rings is 1. The van der Waals surface area contributed by atoms with Crippen LogP contribution in [0.25, 0.3) is 0 Å². The number of sulfonamides is 1. The van der Waals surface area contributed by atoms with Crippen LogP contribution in [0.3, 0.4) is 0 Å². The summed E-state index contributed by atoms with van der Waals surface area (Å²) in [6, 6.07) is 4.34. The first-order valence-electron chi connectivity index (χ1n) is 8.39. The number of hydrogen-bond acceptors (Lipinski definition) is 5. The summed E-state index contributed by atoms with van der Waals surface area (Å²) >= 11 is 12.0. The van der Waals surface area contributed by atoms with E-state index in [9.17, 15) is 13.2 Å². The van der Waals surface area contributed by atoms with Crippen molar-refractivity contribution in [2.24, 2.45) is 5.92 Å². The molecule has 1 fully saturated rings. The lowest BCUT2D eigenvalue weighted by Gasteiger charge is -2.30. The fourth-order valence-electron chi connectivity index (χ4n) is 3.06. The second-order valence-corrected chi connectivity index (χ2v) is 9.19. The van der Waals surface area contributed by atoms with Crippen molar-refractivity contribution in [3.05, 3.63) is 39.7 Å². The van der Waals surface area contributed by atoms with Gasteiger partial charge in [0.25, 0.3) is 0 Å². The molecular weight excluding hydrogens is 413 g/mol. The number of piperidine rings is 1. The van der Waals surface area contributed by atoms with Crippen LogP contribution < -0.4 is 5.32 Å². The summed E-state index contributed by atoms with van der Waals surface area (Å²) in [5.41, 5.74) is 1.18.